The third-order valence-corrected chi connectivity index (χ3v) is 9.60. The molecule has 3 aromatic heterocycles. The second kappa shape index (κ2) is 12.1. The minimum atomic E-state index is -6.18. The Morgan fingerprint density at radius 3 is 2.64 bits per heavy atom. The molecule has 6 N–H and O–H groups in total. The molecule has 0 aromatic carbocycles. The van der Waals surface area contributed by atoms with Crippen LogP contribution in [0.15, 0.2) is 12.5 Å². The number of aromatic amines is 2. The van der Waals surface area contributed by atoms with Crippen LogP contribution in [0.1, 0.15) is 6.23 Å². The van der Waals surface area contributed by atoms with E-state index in [1.807, 2.05) is 0 Å². The van der Waals surface area contributed by atoms with E-state index in [1.165, 1.54) is 10.9 Å². The molecule has 0 spiro atoms. The SMILES string of the molecule is Nc1nc(=S)c2ncn(C3OC(COP(=O)([O-])OP(=O)([O-])OP(=O)([O-])O)C4OC(C(=O)Nc5[nH]ncc5OC=O)OC43)c2[nH]1. The van der Waals surface area contributed by atoms with Crippen LogP contribution in [-0.2, 0) is 50.6 Å². The molecule has 24 nitrogen and oxygen atoms in total. The normalized spacial score (nSPS) is 27.2. The number of carbonyl (C=O) groups excluding carboxylic acids is 2. The molecule has 2 aliphatic heterocycles. The van der Waals surface area contributed by atoms with Gasteiger partial charge in [0.25, 0.3) is 35.8 Å². The molecule has 8 unspecified atom stereocenters. The number of nitrogens with one attached hydrogen (secondary N) is 3. The highest BCUT2D eigenvalue weighted by Crippen LogP contribution is 2.61. The first-order valence-corrected chi connectivity index (χ1v) is 16.2. The third-order valence-electron chi connectivity index (χ3n) is 5.63. The molecule has 44 heavy (non-hydrogen) atoms. The number of ether oxygens (including phenoxy) is 4. The quantitative estimate of drug-likeness (QED) is 0.0735. The fourth-order valence-electron chi connectivity index (χ4n) is 4.10. The van der Waals surface area contributed by atoms with Crippen molar-refractivity contribution in [3.05, 3.63) is 17.2 Å². The smallest absolute Gasteiger partial charge is 0.298 e. The number of aromatic nitrogens is 6. The number of nitrogens with zero attached hydrogens (tertiary/aromatic N) is 4. The summed E-state index contributed by atoms with van der Waals surface area (Å²) < 4.78 is 69.0. The number of carbonyl (C=O) groups is 2. The molecular weight excluding hydrogens is 685 g/mol. The van der Waals surface area contributed by atoms with E-state index in [-0.39, 0.29) is 39.8 Å². The average Bonchev–Trinajstić information content (AvgIpc) is 3.65. The van der Waals surface area contributed by atoms with Crippen molar-refractivity contribution in [1.82, 2.24) is 29.7 Å². The van der Waals surface area contributed by atoms with Crippen LogP contribution in [0.4, 0.5) is 11.8 Å². The van der Waals surface area contributed by atoms with Crippen LogP contribution < -0.4 is 30.5 Å². The van der Waals surface area contributed by atoms with E-state index in [4.69, 9.17) is 37.1 Å². The lowest BCUT2D eigenvalue weighted by Gasteiger charge is -2.33. The lowest BCUT2D eigenvalue weighted by Crippen LogP contribution is -2.34. The number of fused-ring (bicyclic) bond motifs is 2. The minimum absolute atomic E-state index is 0.0115. The molecule has 0 bridgehead atoms. The van der Waals surface area contributed by atoms with Gasteiger partial charge < -0.3 is 59.1 Å². The van der Waals surface area contributed by atoms with Crippen LogP contribution in [0, 0.1) is 4.64 Å². The van der Waals surface area contributed by atoms with Gasteiger partial charge in [0.1, 0.15) is 29.5 Å². The van der Waals surface area contributed by atoms with Gasteiger partial charge in [-0.3, -0.25) is 33.0 Å². The number of imidazole rings is 1. The van der Waals surface area contributed by atoms with Crippen molar-refractivity contribution in [3.8, 4) is 5.75 Å². The number of nitrogens with two attached hydrogens (primary N) is 1. The van der Waals surface area contributed by atoms with Crippen molar-refractivity contribution in [1.29, 1.82) is 0 Å². The molecule has 5 rings (SSSR count). The Bertz CT molecular complexity index is 1790. The van der Waals surface area contributed by atoms with Crippen LogP contribution >= 0.6 is 35.7 Å². The van der Waals surface area contributed by atoms with E-state index < -0.39 is 66.8 Å². The zero-order valence-corrected chi connectivity index (χ0v) is 24.5. The zero-order chi connectivity index (χ0) is 32.0. The van der Waals surface area contributed by atoms with Gasteiger partial charge in [0.15, 0.2) is 28.4 Å². The number of nitrogen functional groups attached to an aromatic ring is 1. The molecule has 0 aliphatic carbocycles. The number of H-pyrrole nitrogens is 2. The Kier molecular flexibility index (Phi) is 8.89. The lowest BCUT2D eigenvalue weighted by atomic mass is 10.1. The van der Waals surface area contributed by atoms with Gasteiger partial charge in [-0.15, -0.1) is 0 Å². The molecule has 8 atom stereocenters. The standard InChI is InChI=1S/C16H19N8O16P3S/c17-16-21-11-7(13(44)22-16)18-3-24(11)14-9-8(37-15(38-9)12(26)20-10-5(34-4-25)1-19-23-10)6(36-14)2-35-42(30,31)40-43(32,33)39-41(27,28)29/h1,3-4,6,8-9,14-15H,2H2,(H,30,31)(H,32,33)(H2,27,28,29)(H3,17,21,22,44)(H2,19,20,23,26)/p-3. The molecule has 2 aliphatic rings. The van der Waals surface area contributed by atoms with Gasteiger partial charge in [-0.2, -0.15) is 5.10 Å². The van der Waals surface area contributed by atoms with Gasteiger partial charge in [-0.25, -0.2) is 18.6 Å². The molecule has 0 radical (unpaired) electrons. The molecule has 3 aromatic rings. The largest absolute Gasteiger partial charge is 0.756 e. The predicted octanol–water partition coefficient (Wildman–Crippen LogP) is -2.58. The summed E-state index contributed by atoms with van der Waals surface area (Å²) in [6.45, 7) is -0.961. The Labute approximate surface area is 247 Å². The molecule has 240 valence electrons. The molecule has 0 saturated carbocycles. The van der Waals surface area contributed by atoms with Crippen molar-refractivity contribution < 1.29 is 75.0 Å². The summed E-state index contributed by atoms with van der Waals surface area (Å²) in [7, 11) is -18.0. The van der Waals surface area contributed by atoms with E-state index >= 15 is 0 Å². The maximum absolute atomic E-state index is 12.9. The monoisotopic (exact) mass is 701 g/mol. The second-order valence-electron chi connectivity index (χ2n) is 8.51. The molecule has 5 heterocycles. The Morgan fingerprint density at radius 1 is 1.20 bits per heavy atom. The molecular formula is C16H16N8O16P3S-3. The highest BCUT2D eigenvalue weighted by Gasteiger charge is 2.55. The predicted molar refractivity (Wildman–Crippen MR) is 132 cm³/mol. The summed E-state index contributed by atoms with van der Waals surface area (Å²) in [5.41, 5.74) is 6.10. The van der Waals surface area contributed by atoms with Crippen LogP contribution in [0.25, 0.3) is 11.2 Å². The van der Waals surface area contributed by atoms with E-state index in [0.717, 1.165) is 6.20 Å². The van der Waals surface area contributed by atoms with Gasteiger partial charge >= 0.3 is 0 Å². The summed E-state index contributed by atoms with van der Waals surface area (Å²) in [5.74, 6) is -1.35. The van der Waals surface area contributed by atoms with Gasteiger partial charge in [0, 0.05) is 0 Å². The van der Waals surface area contributed by atoms with Crippen molar-refractivity contribution in [2.75, 3.05) is 17.7 Å². The van der Waals surface area contributed by atoms with Gasteiger partial charge in [0.2, 0.25) is 6.29 Å². The van der Waals surface area contributed by atoms with Crippen molar-refractivity contribution in [3.63, 3.8) is 0 Å². The number of hydrogen-bond donors (Lipinski definition) is 5. The topological polar surface area (TPSA) is 353 Å². The second-order valence-corrected chi connectivity index (χ2v) is 13.2. The number of hydrogen-bond acceptors (Lipinski definition) is 20. The summed E-state index contributed by atoms with van der Waals surface area (Å²) in [6.07, 6.45) is -4.62. The maximum atomic E-state index is 12.9. The van der Waals surface area contributed by atoms with Crippen molar-refractivity contribution in [2.45, 2.75) is 30.8 Å². The number of rotatable bonds is 12. The van der Waals surface area contributed by atoms with Gasteiger partial charge in [-0.1, -0.05) is 12.2 Å². The Hall–Kier alpha value is -2.99. The first-order chi connectivity index (χ1) is 20.6. The van der Waals surface area contributed by atoms with Gasteiger partial charge in [0.05, 0.1) is 19.1 Å². The van der Waals surface area contributed by atoms with E-state index in [1.54, 1.807) is 0 Å². The fourth-order valence-corrected chi connectivity index (χ4v) is 7.25. The summed E-state index contributed by atoms with van der Waals surface area (Å²) in [6, 6.07) is 0. The lowest BCUT2D eigenvalue weighted by molar-refractivity contribution is -0.250. The first kappa shape index (κ1) is 32.4. The number of amides is 1. The Balaban J connectivity index is 1.38. The maximum Gasteiger partial charge on any atom is 0.298 e. The average molecular weight is 701 g/mol. The molecule has 1 amide bonds. The fraction of sp³-hybridized carbons (Fsp3) is 0.375. The minimum Gasteiger partial charge on any atom is -0.756 e. The zero-order valence-electron chi connectivity index (χ0n) is 21.0. The van der Waals surface area contributed by atoms with Crippen LogP contribution in [-0.4, -0.2) is 78.2 Å². The summed E-state index contributed by atoms with van der Waals surface area (Å²) in [4.78, 5) is 77.3. The third kappa shape index (κ3) is 7.11. The number of phosphoric ester groups is 1. The summed E-state index contributed by atoms with van der Waals surface area (Å²) >= 11 is 5.15. The molecule has 28 heteroatoms. The highest BCUT2D eigenvalue weighted by atomic mass is 32.1. The Morgan fingerprint density at radius 2 is 1.93 bits per heavy atom. The number of phosphoric acid groups is 3. The van der Waals surface area contributed by atoms with E-state index in [2.05, 4.69) is 48.3 Å². The highest BCUT2D eigenvalue weighted by molar-refractivity contribution is 7.71. The first-order valence-electron chi connectivity index (χ1n) is 11.4. The number of anilines is 2. The van der Waals surface area contributed by atoms with Crippen LogP contribution in [0.5, 0.6) is 5.75 Å². The molecule has 2 fully saturated rings. The van der Waals surface area contributed by atoms with E-state index in [0.29, 0.717) is 0 Å². The van der Waals surface area contributed by atoms with Crippen LogP contribution in [0.2, 0.25) is 0 Å². The van der Waals surface area contributed by atoms with E-state index in [9.17, 15) is 38.0 Å². The summed E-state index contributed by atoms with van der Waals surface area (Å²) in [5, 5.41) is 8.33. The van der Waals surface area contributed by atoms with Crippen molar-refractivity contribution >= 4 is 71.0 Å². The van der Waals surface area contributed by atoms with Crippen LogP contribution in [0.3, 0.4) is 0 Å². The molecule has 2 saturated heterocycles. The van der Waals surface area contributed by atoms with Gasteiger partial charge in [-0.05, 0) is 0 Å². The van der Waals surface area contributed by atoms with Crippen molar-refractivity contribution in [2.24, 2.45) is 0 Å².